The van der Waals surface area contributed by atoms with Crippen LogP contribution in [0.5, 0.6) is 11.5 Å². The lowest BCUT2D eigenvalue weighted by Gasteiger charge is -2.09. The molecular formula is C18H20O3. The van der Waals surface area contributed by atoms with Gasteiger partial charge in [0.15, 0.2) is 6.61 Å². The molecule has 3 heteroatoms. The predicted octanol–water partition coefficient (Wildman–Crippen LogP) is 4.10. The molecule has 0 atom stereocenters. The molecule has 0 spiro atoms. The van der Waals surface area contributed by atoms with Crippen LogP contribution in [0.15, 0.2) is 48.5 Å². The van der Waals surface area contributed by atoms with E-state index in [0.717, 1.165) is 5.56 Å². The molecule has 0 fully saturated rings. The summed E-state index contributed by atoms with van der Waals surface area (Å²) in [6.07, 6.45) is 0. The zero-order valence-electron chi connectivity index (χ0n) is 12.6. The van der Waals surface area contributed by atoms with Crippen LogP contribution in [-0.2, 0) is 4.79 Å². The number of aryl methyl sites for hydroxylation is 1. The second-order valence-corrected chi connectivity index (χ2v) is 5.30. The lowest BCUT2D eigenvalue weighted by atomic mass is 10.0. The van der Waals surface area contributed by atoms with Crippen molar-refractivity contribution in [2.75, 3.05) is 6.61 Å². The molecule has 2 rings (SSSR count). The van der Waals surface area contributed by atoms with E-state index in [-0.39, 0.29) is 6.61 Å². The number of carbonyl (C=O) groups excluding carboxylic acids is 1. The molecule has 21 heavy (non-hydrogen) atoms. The van der Waals surface area contributed by atoms with E-state index in [1.807, 2.05) is 43.3 Å². The molecule has 0 saturated carbocycles. The minimum absolute atomic E-state index is 0.102. The van der Waals surface area contributed by atoms with E-state index in [0.29, 0.717) is 17.4 Å². The fraction of sp³-hybridized carbons (Fsp3) is 0.278. The maximum atomic E-state index is 11.7. The summed E-state index contributed by atoms with van der Waals surface area (Å²) in [4.78, 5) is 11.7. The smallest absolute Gasteiger partial charge is 0.349 e. The van der Waals surface area contributed by atoms with E-state index >= 15 is 0 Å². The molecule has 0 unspecified atom stereocenters. The Labute approximate surface area is 125 Å². The summed E-state index contributed by atoms with van der Waals surface area (Å²) >= 11 is 0. The van der Waals surface area contributed by atoms with Crippen molar-refractivity contribution in [1.82, 2.24) is 0 Å². The molecule has 0 aliphatic rings. The van der Waals surface area contributed by atoms with Crippen LogP contribution >= 0.6 is 0 Å². The van der Waals surface area contributed by atoms with Gasteiger partial charge in [-0.3, -0.25) is 0 Å². The summed E-state index contributed by atoms with van der Waals surface area (Å²) in [6.45, 7) is 6.12. The van der Waals surface area contributed by atoms with E-state index in [9.17, 15) is 4.79 Å². The van der Waals surface area contributed by atoms with Gasteiger partial charge in [-0.2, -0.15) is 0 Å². The Bertz CT molecular complexity index is 600. The van der Waals surface area contributed by atoms with Crippen molar-refractivity contribution in [2.45, 2.75) is 26.7 Å². The molecule has 0 aromatic heterocycles. The number of ether oxygens (including phenoxy) is 2. The second kappa shape index (κ2) is 6.93. The van der Waals surface area contributed by atoms with E-state index in [2.05, 4.69) is 13.8 Å². The zero-order chi connectivity index (χ0) is 15.2. The van der Waals surface area contributed by atoms with Crippen molar-refractivity contribution in [1.29, 1.82) is 0 Å². The molecule has 0 bridgehead atoms. The molecule has 110 valence electrons. The Morgan fingerprint density at radius 3 is 2.38 bits per heavy atom. The van der Waals surface area contributed by atoms with Crippen molar-refractivity contribution < 1.29 is 14.3 Å². The van der Waals surface area contributed by atoms with E-state index < -0.39 is 5.97 Å². The van der Waals surface area contributed by atoms with Gasteiger partial charge in [0.25, 0.3) is 0 Å². The number of esters is 1. The molecule has 2 aromatic rings. The number of hydrogen-bond donors (Lipinski definition) is 0. The van der Waals surface area contributed by atoms with Gasteiger partial charge in [-0.25, -0.2) is 4.79 Å². The number of hydrogen-bond acceptors (Lipinski definition) is 3. The van der Waals surface area contributed by atoms with Crippen molar-refractivity contribution in [3.8, 4) is 11.5 Å². The van der Waals surface area contributed by atoms with Crippen molar-refractivity contribution in [3.63, 3.8) is 0 Å². The van der Waals surface area contributed by atoms with Crippen LogP contribution in [0.1, 0.15) is 30.9 Å². The standard InChI is InChI=1S/C18H20O3/c1-13(2)15-7-9-16(10-8-15)21-18(19)12-20-17-6-4-5-14(3)11-17/h4-11,13H,12H2,1-3H3. The monoisotopic (exact) mass is 284 g/mol. The molecule has 3 nitrogen and oxygen atoms in total. The Morgan fingerprint density at radius 1 is 1.05 bits per heavy atom. The molecule has 2 aromatic carbocycles. The highest BCUT2D eigenvalue weighted by molar-refractivity contribution is 5.74. The SMILES string of the molecule is Cc1cccc(OCC(=O)Oc2ccc(C(C)C)cc2)c1. The molecule has 0 aliphatic carbocycles. The fourth-order valence-corrected chi connectivity index (χ4v) is 1.93. The summed E-state index contributed by atoms with van der Waals surface area (Å²) in [7, 11) is 0. The molecular weight excluding hydrogens is 264 g/mol. The van der Waals surface area contributed by atoms with Crippen molar-refractivity contribution >= 4 is 5.97 Å². The highest BCUT2D eigenvalue weighted by atomic mass is 16.6. The Balaban J connectivity index is 1.87. The molecule has 0 saturated heterocycles. The topological polar surface area (TPSA) is 35.5 Å². The minimum Gasteiger partial charge on any atom is -0.482 e. The first-order chi connectivity index (χ1) is 10.0. The van der Waals surface area contributed by atoms with Crippen LogP contribution in [-0.4, -0.2) is 12.6 Å². The quantitative estimate of drug-likeness (QED) is 0.612. The summed E-state index contributed by atoms with van der Waals surface area (Å²) in [5, 5.41) is 0. The summed E-state index contributed by atoms with van der Waals surface area (Å²) in [6, 6.07) is 15.1. The van der Waals surface area contributed by atoms with Crippen LogP contribution in [0.25, 0.3) is 0 Å². The van der Waals surface area contributed by atoms with Gasteiger partial charge in [0.2, 0.25) is 0 Å². The van der Waals surface area contributed by atoms with Crippen LogP contribution in [0.2, 0.25) is 0 Å². The first kappa shape index (κ1) is 15.1. The number of benzene rings is 2. The summed E-state index contributed by atoms with van der Waals surface area (Å²) in [5.41, 5.74) is 2.30. The minimum atomic E-state index is -0.409. The third kappa shape index (κ3) is 4.63. The molecule has 0 heterocycles. The largest absolute Gasteiger partial charge is 0.482 e. The summed E-state index contributed by atoms with van der Waals surface area (Å²) < 4.78 is 10.6. The van der Waals surface area contributed by atoms with E-state index in [1.54, 1.807) is 12.1 Å². The third-order valence-corrected chi connectivity index (χ3v) is 3.12. The van der Waals surface area contributed by atoms with Gasteiger partial charge in [-0.1, -0.05) is 38.1 Å². The van der Waals surface area contributed by atoms with Gasteiger partial charge in [-0.05, 0) is 48.2 Å². The predicted molar refractivity (Wildman–Crippen MR) is 82.8 cm³/mol. The van der Waals surface area contributed by atoms with Crippen LogP contribution in [0, 0.1) is 6.92 Å². The lowest BCUT2D eigenvalue weighted by molar-refractivity contribution is -0.136. The van der Waals surface area contributed by atoms with Crippen LogP contribution in [0.4, 0.5) is 0 Å². The van der Waals surface area contributed by atoms with E-state index in [4.69, 9.17) is 9.47 Å². The highest BCUT2D eigenvalue weighted by Gasteiger charge is 2.07. The van der Waals surface area contributed by atoms with Crippen LogP contribution < -0.4 is 9.47 Å². The third-order valence-electron chi connectivity index (χ3n) is 3.12. The molecule has 0 amide bonds. The lowest BCUT2D eigenvalue weighted by Crippen LogP contribution is -2.17. The zero-order valence-corrected chi connectivity index (χ0v) is 12.6. The first-order valence-corrected chi connectivity index (χ1v) is 7.04. The molecule has 0 N–H and O–H groups in total. The van der Waals surface area contributed by atoms with Gasteiger partial charge < -0.3 is 9.47 Å². The Morgan fingerprint density at radius 2 is 1.76 bits per heavy atom. The van der Waals surface area contributed by atoms with Gasteiger partial charge in [0.05, 0.1) is 0 Å². The molecule has 0 radical (unpaired) electrons. The summed E-state index contributed by atoms with van der Waals surface area (Å²) in [5.74, 6) is 1.26. The van der Waals surface area contributed by atoms with Crippen molar-refractivity contribution in [3.05, 3.63) is 59.7 Å². The highest BCUT2D eigenvalue weighted by Crippen LogP contribution is 2.19. The fourth-order valence-electron chi connectivity index (χ4n) is 1.93. The van der Waals surface area contributed by atoms with Gasteiger partial charge in [0, 0.05) is 0 Å². The Kier molecular flexibility index (Phi) is 4.99. The average Bonchev–Trinajstić information content (AvgIpc) is 2.46. The second-order valence-electron chi connectivity index (χ2n) is 5.30. The van der Waals surface area contributed by atoms with Crippen LogP contribution in [0.3, 0.4) is 0 Å². The first-order valence-electron chi connectivity index (χ1n) is 7.04. The normalized spacial score (nSPS) is 10.5. The van der Waals surface area contributed by atoms with Gasteiger partial charge >= 0.3 is 5.97 Å². The van der Waals surface area contributed by atoms with E-state index in [1.165, 1.54) is 5.56 Å². The molecule has 0 aliphatic heterocycles. The maximum absolute atomic E-state index is 11.7. The van der Waals surface area contributed by atoms with Gasteiger partial charge in [0.1, 0.15) is 11.5 Å². The number of carbonyl (C=O) groups is 1. The Hall–Kier alpha value is -2.29. The number of rotatable bonds is 5. The maximum Gasteiger partial charge on any atom is 0.349 e. The van der Waals surface area contributed by atoms with Crippen molar-refractivity contribution in [2.24, 2.45) is 0 Å². The van der Waals surface area contributed by atoms with Gasteiger partial charge in [-0.15, -0.1) is 0 Å². The average molecular weight is 284 g/mol.